The molecule has 1 aliphatic rings. The van der Waals surface area contributed by atoms with Crippen LogP contribution in [-0.2, 0) is 9.53 Å². The van der Waals surface area contributed by atoms with Gasteiger partial charge in [-0.3, -0.25) is 4.79 Å². The number of amides is 1. The fourth-order valence-corrected chi connectivity index (χ4v) is 3.84. The zero-order valence-electron chi connectivity index (χ0n) is 12.9. The Kier molecular flexibility index (Phi) is 5.53. The molecule has 4 nitrogen and oxygen atoms in total. The molecule has 1 aliphatic heterocycles. The maximum Gasteiger partial charge on any atom is 0.250 e. The lowest BCUT2D eigenvalue weighted by Crippen LogP contribution is -2.35. The van der Waals surface area contributed by atoms with Gasteiger partial charge in [0.2, 0.25) is 5.91 Å². The molecule has 0 saturated carbocycles. The summed E-state index contributed by atoms with van der Waals surface area (Å²) in [6, 6.07) is 8.35. The van der Waals surface area contributed by atoms with Gasteiger partial charge in [0.25, 0.3) is 0 Å². The molecule has 1 atom stereocenters. The number of nitrogens with one attached hydrogen (secondary N) is 2. The quantitative estimate of drug-likeness (QED) is 0.877. The van der Waals surface area contributed by atoms with E-state index >= 15 is 0 Å². The van der Waals surface area contributed by atoms with Crippen LogP contribution in [0.15, 0.2) is 24.3 Å². The second kappa shape index (κ2) is 7.18. The highest BCUT2D eigenvalue weighted by Gasteiger charge is 2.28. The molecule has 0 bridgehead atoms. The van der Waals surface area contributed by atoms with E-state index in [0.29, 0.717) is 11.5 Å². The smallest absolute Gasteiger partial charge is 0.250 e. The molecule has 0 radical (unpaired) electrons. The summed E-state index contributed by atoms with van der Waals surface area (Å²) in [5.74, 6) is 2.24. The highest BCUT2D eigenvalue weighted by atomic mass is 32.2. The number of methoxy groups -OCH3 is 1. The second-order valence-corrected chi connectivity index (χ2v) is 7.31. The standard InChI is InChI=1S/C16H24N2O2S/c1-16(2)8-14(10-21-11-16)17-12-4-6-13(7-5-12)18-15(19)9-20-3/h4-7,14,17H,8-11H2,1-3H3,(H,18,19). The van der Waals surface area contributed by atoms with Crippen molar-refractivity contribution in [3.05, 3.63) is 24.3 Å². The largest absolute Gasteiger partial charge is 0.381 e. The Morgan fingerprint density at radius 2 is 2.00 bits per heavy atom. The van der Waals surface area contributed by atoms with Crippen LogP contribution in [0.4, 0.5) is 11.4 Å². The molecule has 0 aromatic heterocycles. The van der Waals surface area contributed by atoms with E-state index in [9.17, 15) is 4.79 Å². The van der Waals surface area contributed by atoms with Crippen LogP contribution in [0.5, 0.6) is 0 Å². The summed E-state index contributed by atoms with van der Waals surface area (Å²) in [6.07, 6.45) is 1.19. The molecule has 1 aromatic carbocycles. The molecule has 1 saturated heterocycles. The topological polar surface area (TPSA) is 50.4 Å². The van der Waals surface area contributed by atoms with E-state index in [2.05, 4.69) is 24.5 Å². The molecule has 2 rings (SSSR count). The fraction of sp³-hybridized carbons (Fsp3) is 0.562. The molecule has 21 heavy (non-hydrogen) atoms. The van der Waals surface area contributed by atoms with Crippen molar-refractivity contribution in [2.45, 2.75) is 26.3 Å². The van der Waals surface area contributed by atoms with Crippen LogP contribution in [0.3, 0.4) is 0 Å². The third-order valence-corrected chi connectivity index (χ3v) is 5.05. The van der Waals surface area contributed by atoms with Gasteiger partial charge in [0.15, 0.2) is 0 Å². The number of thioether (sulfide) groups is 1. The number of rotatable bonds is 5. The Balaban J connectivity index is 1.89. The highest BCUT2D eigenvalue weighted by Crippen LogP contribution is 2.34. The summed E-state index contributed by atoms with van der Waals surface area (Å²) >= 11 is 2.01. The minimum Gasteiger partial charge on any atom is -0.381 e. The number of anilines is 2. The van der Waals surface area contributed by atoms with Crippen LogP contribution in [0, 0.1) is 5.41 Å². The predicted octanol–water partition coefficient (Wildman–Crippen LogP) is 3.22. The normalized spacial score (nSPS) is 20.8. The minimum absolute atomic E-state index is 0.0778. The first-order valence-corrected chi connectivity index (χ1v) is 8.37. The van der Waals surface area contributed by atoms with Crippen molar-refractivity contribution in [3.8, 4) is 0 Å². The third-order valence-electron chi connectivity index (χ3n) is 3.43. The molecule has 1 heterocycles. The van der Waals surface area contributed by atoms with Crippen molar-refractivity contribution >= 4 is 29.0 Å². The van der Waals surface area contributed by atoms with Crippen LogP contribution in [0.2, 0.25) is 0 Å². The predicted molar refractivity (Wildman–Crippen MR) is 90.1 cm³/mol. The minimum atomic E-state index is -0.136. The average molecular weight is 308 g/mol. The molecular formula is C16H24N2O2S. The van der Waals surface area contributed by atoms with Crippen LogP contribution in [0.1, 0.15) is 20.3 Å². The number of carbonyl (C=O) groups excluding carboxylic acids is 1. The lowest BCUT2D eigenvalue weighted by Gasteiger charge is -2.35. The van der Waals surface area contributed by atoms with E-state index in [0.717, 1.165) is 17.1 Å². The molecule has 2 N–H and O–H groups in total. The van der Waals surface area contributed by atoms with Crippen molar-refractivity contribution in [2.75, 3.05) is 35.9 Å². The highest BCUT2D eigenvalue weighted by molar-refractivity contribution is 7.99. The van der Waals surface area contributed by atoms with Crippen molar-refractivity contribution in [1.29, 1.82) is 0 Å². The van der Waals surface area contributed by atoms with Gasteiger partial charge in [0.05, 0.1) is 0 Å². The fourth-order valence-electron chi connectivity index (χ4n) is 2.57. The first-order chi connectivity index (χ1) is 9.98. The van der Waals surface area contributed by atoms with Gasteiger partial charge in [-0.2, -0.15) is 11.8 Å². The first-order valence-electron chi connectivity index (χ1n) is 7.22. The molecule has 1 unspecified atom stereocenters. The summed E-state index contributed by atoms with van der Waals surface area (Å²) in [6.45, 7) is 4.72. The van der Waals surface area contributed by atoms with Crippen molar-refractivity contribution in [2.24, 2.45) is 5.41 Å². The van der Waals surface area contributed by atoms with E-state index in [1.807, 2.05) is 36.0 Å². The van der Waals surface area contributed by atoms with Crippen molar-refractivity contribution in [1.82, 2.24) is 0 Å². The zero-order valence-corrected chi connectivity index (χ0v) is 13.8. The number of hydrogen-bond donors (Lipinski definition) is 2. The van der Waals surface area contributed by atoms with Gasteiger partial charge in [-0.25, -0.2) is 0 Å². The summed E-state index contributed by atoms with van der Waals surface area (Å²) in [5.41, 5.74) is 2.29. The number of benzene rings is 1. The molecule has 0 spiro atoms. The van der Waals surface area contributed by atoms with Gasteiger partial charge in [-0.1, -0.05) is 13.8 Å². The zero-order chi connectivity index (χ0) is 15.3. The average Bonchev–Trinajstić information content (AvgIpc) is 2.40. The number of hydrogen-bond acceptors (Lipinski definition) is 4. The van der Waals surface area contributed by atoms with Gasteiger partial charge in [-0.05, 0) is 41.9 Å². The molecule has 1 amide bonds. The van der Waals surface area contributed by atoms with E-state index < -0.39 is 0 Å². The molecule has 116 valence electrons. The van der Waals surface area contributed by atoms with Crippen LogP contribution >= 0.6 is 11.8 Å². The van der Waals surface area contributed by atoms with Gasteiger partial charge in [0, 0.05) is 30.3 Å². The first kappa shape index (κ1) is 16.2. The Morgan fingerprint density at radius 1 is 1.33 bits per heavy atom. The van der Waals surface area contributed by atoms with Crippen LogP contribution in [-0.4, -0.2) is 37.2 Å². The SMILES string of the molecule is COCC(=O)Nc1ccc(NC2CSCC(C)(C)C2)cc1. The molecule has 1 fully saturated rings. The lowest BCUT2D eigenvalue weighted by atomic mass is 9.88. The van der Waals surface area contributed by atoms with Gasteiger partial charge < -0.3 is 15.4 Å². The van der Waals surface area contributed by atoms with Gasteiger partial charge >= 0.3 is 0 Å². The van der Waals surface area contributed by atoms with Crippen LogP contribution < -0.4 is 10.6 Å². The molecule has 0 aliphatic carbocycles. The molecular weight excluding hydrogens is 284 g/mol. The summed E-state index contributed by atoms with van der Waals surface area (Å²) in [5, 5.41) is 6.37. The lowest BCUT2D eigenvalue weighted by molar-refractivity contribution is -0.119. The number of ether oxygens (including phenoxy) is 1. The third kappa shape index (κ3) is 5.25. The van der Waals surface area contributed by atoms with E-state index in [1.165, 1.54) is 19.3 Å². The Morgan fingerprint density at radius 3 is 2.62 bits per heavy atom. The van der Waals surface area contributed by atoms with Gasteiger partial charge in [0.1, 0.15) is 6.61 Å². The Bertz CT molecular complexity index is 474. The van der Waals surface area contributed by atoms with E-state index in [4.69, 9.17) is 4.74 Å². The van der Waals surface area contributed by atoms with E-state index in [1.54, 1.807) is 0 Å². The second-order valence-electron chi connectivity index (χ2n) is 6.28. The maximum absolute atomic E-state index is 11.4. The monoisotopic (exact) mass is 308 g/mol. The van der Waals surface area contributed by atoms with Crippen LogP contribution in [0.25, 0.3) is 0 Å². The van der Waals surface area contributed by atoms with Gasteiger partial charge in [-0.15, -0.1) is 0 Å². The molecule has 5 heteroatoms. The summed E-state index contributed by atoms with van der Waals surface area (Å²) in [7, 11) is 1.51. The van der Waals surface area contributed by atoms with Crippen molar-refractivity contribution < 1.29 is 9.53 Å². The summed E-state index contributed by atoms with van der Waals surface area (Å²) in [4.78, 5) is 11.4. The Labute approximate surface area is 131 Å². The Hall–Kier alpha value is -1.20. The van der Waals surface area contributed by atoms with Crippen molar-refractivity contribution in [3.63, 3.8) is 0 Å². The number of carbonyl (C=O) groups is 1. The maximum atomic E-state index is 11.4. The molecule has 1 aromatic rings. The summed E-state index contributed by atoms with van der Waals surface area (Å²) < 4.78 is 4.79. The van der Waals surface area contributed by atoms with E-state index in [-0.39, 0.29) is 12.5 Å².